The van der Waals surface area contributed by atoms with Gasteiger partial charge in [0.1, 0.15) is 18.7 Å². The average molecular weight is 465 g/mol. The summed E-state index contributed by atoms with van der Waals surface area (Å²) < 4.78 is 0.953. The minimum atomic E-state index is -0.486. The standard InChI is InChI=1S/C26H29N2O.BrH/c1-2-20-18-28(17-19-8-4-3-5-9-19)15-13-21(20)16-25(28)26(29)23-12-14-27-24-11-7-6-10-22(23)24;/h2-12,14,20-21,25-26,29H,1,13,15-18H2;1H/q+1;/p-1/t20?,21?,25?,26-,28?;/m1./s1. The fraction of sp³-hybridized carbons (Fsp3) is 0.346. The van der Waals surface area contributed by atoms with Crippen molar-refractivity contribution in [2.75, 3.05) is 13.1 Å². The van der Waals surface area contributed by atoms with Crippen LogP contribution in [0, 0.1) is 11.8 Å². The first-order chi connectivity index (χ1) is 14.2. The number of halogens is 1. The van der Waals surface area contributed by atoms with Crippen molar-refractivity contribution in [1.82, 2.24) is 4.98 Å². The van der Waals surface area contributed by atoms with Crippen LogP contribution in [0.4, 0.5) is 0 Å². The van der Waals surface area contributed by atoms with Crippen molar-refractivity contribution < 1.29 is 26.6 Å². The van der Waals surface area contributed by atoms with Gasteiger partial charge < -0.3 is 26.6 Å². The van der Waals surface area contributed by atoms with Crippen molar-refractivity contribution in [3.05, 3.63) is 90.6 Å². The number of hydrogen-bond acceptors (Lipinski definition) is 2. The maximum Gasteiger partial charge on any atom is 0.131 e. The highest BCUT2D eigenvalue weighted by Crippen LogP contribution is 2.47. The molecule has 3 saturated heterocycles. The van der Waals surface area contributed by atoms with Crippen LogP contribution in [-0.4, -0.2) is 33.7 Å². The van der Waals surface area contributed by atoms with Gasteiger partial charge in [0, 0.05) is 35.9 Å². The van der Waals surface area contributed by atoms with Crippen LogP contribution in [0.5, 0.6) is 0 Å². The molecule has 0 aliphatic carbocycles. The summed E-state index contributed by atoms with van der Waals surface area (Å²) in [6.07, 6.45) is 5.79. The van der Waals surface area contributed by atoms with Gasteiger partial charge in [-0.05, 0) is 23.6 Å². The number of piperidine rings is 3. The molecule has 3 nitrogen and oxygen atoms in total. The van der Waals surface area contributed by atoms with E-state index in [9.17, 15) is 5.11 Å². The first kappa shape index (κ1) is 21.2. The maximum atomic E-state index is 11.7. The Balaban J connectivity index is 0.00000218. The van der Waals surface area contributed by atoms with Gasteiger partial charge in [0.15, 0.2) is 0 Å². The predicted molar refractivity (Wildman–Crippen MR) is 117 cm³/mol. The fourth-order valence-corrected chi connectivity index (χ4v) is 5.91. The third kappa shape index (κ3) is 3.62. The van der Waals surface area contributed by atoms with Crippen LogP contribution < -0.4 is 17.0 Å². The molecule has 4 heteroatoms. The quantitative estimate of drug-likeness (QED) is 0.461. The SMILES string of the molecule is C=CC1C[N+]2(Cc3ccccc3)CCC1CC2[C@H](O)c1ccnc2ccccc12.[Br-]. The summed E-state index contributed by atoms with van der Waals surface area (Å²) in [5.41, 5.74) is 3.33. The molecule has 2 bridgehead atoms. The van der Waals surface area contributed by atoms with E-state index in [0.29, 0.717) is 11.8 Å². The second-order valence-corrected chi connectivity index (χ2v) is 8.88. The van der Waals surface area contributed by atoms with Crippen molar-refractivity contribution >= 4 is 10.9 Å². The predicted octanol–water partition coefficient (Wildman–Crippen LogP) is 1.88. The lowest BCUT2D eigenvalue weighted by atomic mass is 9.71. The number of pyridine rings is 1. The van der Waals surface area contributed by atoms with Crippen molar-refractivity contribution in [2.45, 2.75) is 31.5 Å². The zero-order valence-electron chi connectivity index (χ0n) is 17.2. The number of rotatable bonds is 5. The van der Waals surface area contributed by atoms with Crippen molar-refractivity contribution in [2.24, 2.45) is 11.8 Å². The monoisotopic (exact) mass is 464 g/mol. The zero-order valence-corrected chi connectivity index (χ0v) is 18.8. The Bertz CT molecular complexity index is 1020. The molecule has 4 unspecified atom stereocenters. The van der Waals surface area contributed by atoms with Gasteiger partial charge in [0.2, 0.25) is 0 Å². The topological polar surface area (TPSA) is 33.1 Å². The van der Waals surface area contributed by atoms with E-state index in [-0.39, 0.29) is 23.0 Å². The first-order valence-corrected chi connectivity index (χ1v) is 10.7. The highest BCUT2D eigenvalue weighted by molar-refractivity contribution is 5.82. The molecular weight excluding hydrogens is 436 g/mol. The van der Waals surface area contributed by atoms with Gasteiger partial charge in [-0.2, -0.15) is 0 Å². The molecule has 0 spiro atoms. The van der Waals surface area contributed by atoms with Gasteiger partial charge in [0.25, 0.3) is 0 Å². The molecule has 0 amide bonds. The van der Waals surface area contributed by atoms with Crippen molar-refractivity contribution in [1.29, 1.82) is 0 Å². The highest BCUT2D eigenvalue weighted by Gasteiger charge is 2.53. The third-order valence-corrected chi connectivity index (χ3v) is 7.38. The molecule has 1 aromatic heterocycles. The Morgan fingerprint density at radius 3 is 2.67 bits per heavy atom. The smallest absolute Gasteiger partial charge is 0.131 e. The Morgan fingerprint density at radius 2 is 1.87 bits per heavy atom. The zero-order chi connectivity index (χ0) is 19.8. The summed E-state index contributed by atoms with van der Waals surface area (Å²) in [5.74, 6) is 1.18. The number of quaternary nitrogens is 1. The van der Waals surface area contributed by atoms with E-state index >= 15 is 0 Å². The fourth-order valence-electron chi connectivity index (χ4n) is 5.91. The van der Waals surface area contributed by atoms with E-state index in [1.807, 2.05) is 30.5 Å². The molecule has 5 atom stereocenters. The lowest BCUT2D eigenvalue weighted by molar-refractivity contribution is -0.984. The normalized spacial score (nSPS) is 28.6. The van der Waals surface area contributed by atoms with E-state index in [1.165, 1.54) is 12.0 Å². The Hall–Kier alpha value is -2.01. The van der Waals surface area contributed by atoms with Crippen LogP contribution in [0.25, 0.3) is 10.9 Å². The Kier molecular flexibility index (Phi) is 6.10. The van der Waals surface area contributed by atoms with Crippen LogP contribution in [0.2, 0.25) is 0 Å². The summed E-state index contributed by atoms with van der Waals surface area (Å²) in [4.78, 5) is 4.50. The number of benzene rings is 2. The molecule has 4 heterocycles. The lowest BCUT2D eigenvalue weighted by Gasteiger charge is -2.58. The largest absolute Gasteiger partial charge is 1.00 e. The van der Waals surface area contributed by atoms with Crippen LogP contribution in [-0.2, 0) is 6.54 Å². The van der Waals surface area contributed by atoms with E-state index in [0.717, 1.165) is 47.0 Å². The molecule has 3 aromatic rings. The van der Waals surface area contributed by atoms with Gasteiger partial charge in [-0.25, -0.2) is 0 Å². The van der Waals surface area contributed by atoms with E-state index in [2.05, 4.69) is 54.0 Å². The number of aliphatic hydroxyl groups is 1. The number of aromatic nitrogens is 1. The third-order valence-electron chi connectivity index (χ3n) is 7.38. The number of nitrogens with zero attached hydrogens (tertiary/aromatic N) is 2. The molecule has 30 heavy (non-hydrogen) atoms. The highest BCUT2D eigenvalue weighted by atomic mass is 79.9. The summed E-state index contributed by atoms with van der Waals surface area (Å²) in [5, 5.41) is 12.8. The van der Waals surface area contributed by atoms with Crippen LogP contribution in [0.15, 0.2) is 79.5 Å². The lowest BCUT2D eigenvalue weighted by Crippen LogP contribution is -3.00. The molecule has 0 radical (unpaired) electrons. The second-order valence-electron chi connectivity index (χ2n) is 8.88. The number of aliphatic hydroxyl groups excluding tert-OH is 1. The minimum Gasteiger partial charge on any atom is -1.00 e. The minimum absolute atomic E-state index is 0. The van der Waals surface area contributed by atoms with Crippen LogP contribution in [0.3, 0.4) is 0 Å². The van der Waals surface area contributed by atoms with Gasteiger partial charge in [-0.15, -0.1) is 6.58 Å². The average Bonchev–Trinajstić information content (AvgIpc) is 2.78. The molecule has 3 aliphatic rings. The van der Waals surface area contributed by atoms with E-state index < -0.39 is 6.10 Å². The number of hydrogen-bond donors (Lipinski definition) is 1. The summed E-state index contributed by atoms with van der Waals surface area (Å²) in [6, 6.07) is 21.2. The molecular formula is C26H29BrN2O. The van der Waals surface area contributed by atoms with Gasteiger partial charge in [-0.1, -0.05) is 54.6 Å². The van der Waals surface area contributed by atoms with E-state index in [4.69, 9.17) is 0 Å². The van der Waals surface area contributed by atoms with Gasteiger partial charge in [0.05, 0.1) is 18.6 Å². The molecule has 3 fully saturated rings. The molecule has 3 aliphatic heterocycles. The van der Waals surface area contributed by atoms with E-state index in [1.54, 1.807) is 0 Å². The second kappa shape index (κ2) is 8.62. The summed E-state index contributed by atoms with van der Waals surface area (Å²) in [6.45, 7) is 7.32. The number of para-hydroxylation sites is 1. The van der Waals surface area contributed by atoms with Crippen LogP contribution >= 0.6 is 0 Å². The molecule has 6 rings (SSSR count). The molecule has 0 saturated carbocycles. The Morgan fingerprint density at radius 1 is 1.10 bits per heavy atom. The molecule has 156 valence electrons. The van der Waals surface area contributed by atoms with Crippen molar-refractivity contribution in [3.63, 3.8) is 0 Å². The molecule has 2 aromatic carbocycles. The van der Waals surface area contributed by atoms with Gasteiger partial charge >= 0.3 is 0 Å². The first-order valence-electron chi connectivity index (χ1n) is 10.7. The molecule has 1 N–H and O–H groups in total. The summed E-state index contributed by atoms with van der Waals surface area (Å²) in [7, 11) is 0. The van der Waals surface area contributed by atoms with Crippen molar-refractivity contribution in [3.8, 4) is 0 Å². The maximum absolute atomic E-state index is 11.7. The summed E-state index contributed by atoms with van der Waals surface area (Å²) >= 11 is 0. The van der Waals surface area contributed by atoms with Gasteiger partial charge in [-0.3, -0.25) is 4.98 Å². The van der Waals surface area contributed by atoms with Crippen LogP contribution in [0.1, 0.15) is 30.1 Å². The number of fused-ring (bicyclic) bond motifs is 4. The Labute approximate surface area is 189 Å².